The average molecular weight is 362 g/mol. The second-order valence-electron chi connectivity index (χ2n) is 4.80. The summed E-state index contributed by atoms with van der Waals surface area (Å²) in [6.45, 7) is 0.457. The van der Waals surface area contributed by atoms with Crippen molar-refractivity contribution in [1.29, 1.82) is 0 Å². The first kappa shape index (κ1) is 15.5. The van der Waals surface area contributed by atoms with Crippen LogP contribution in [0.3, 0.4) is 0 Å². The van der Waals surface area contributed by atoms with Gasteiger partial charge in [0.15, 0.2) is 0 Å². The number of nitrogens with zero attached hydrogens (tertiary/aromatic N) is 1. The van der Waals surface area contributed by atoms with Crippen molar-refractivity contribution in [2.75, 3.05) is 6.54 Å². The number of sulfonamides is 1. The highest BCUT2D eigenvalue weighted by atomic mass is 79.9. The predicted molar refractivity (Wildman–Crippen MR) is 77.9 cm³/mol. The highest BCUT2D eigenvalue weighted by Crippen LogP contribution is 2.29. The third kappa shape index (κ3) is 3.39. The van der Waals surface area contributed by atoms with E-state index in [4.69, 9.17) is 5.11 Å². The number of rotatable bonds is 5. The quantitative estimate of drug-likeness (QED) is 0.873. The monoisotopic (exact) mass is 361 g/mol. The first-order valence-electron chi connectivity index (χ1n) is 6.40. The molecule has 0 amide bonds. The normalized spacial score (nSPS) is 20.1. The number of hydrogen-bond donors (Lipinski definition) is 1. The summed E-state index contributed by atoms with van der Waals surface area (Å²) >= 11 is 3.27. The number of carboxylic acids is 1. The fourth-order valence-electron chi connectivity index (χ4n) is 2.47. The van der Waals surface area contributed by atoms with Crippen LogP contribution in [0.1, 0.15) is 25.7 Å². The number of halogens is 1. The van der Waals surface area contributed by atoms with Crippen LogP contribution >= 0.6 is 15.9 Å². The molecule has 0 saturated carbocycles. The summed E-state index contributed by atoms with van der Waals surface area (Å²) < 4.78 is 27.3. The van der Waals surface area contributed by atoms with E-state index in [0.717, 1.165) is 12.8 Å². The highest BCUT2D eigenvalue weighted by Gasteiger charge is 2.35. The number of benzene rings is 1. The molecule has 0 radical (unpaired) electrons. The maximum Gasteiger partial charge on any atom is 0.303 e. The summed E-state index contributed by atoms with van der Waals surface area (Å²) in [6.07, 6.45) is 1.86. The lowest BCUT2D eigenvalue weighted by Crippen LogP contribution is -2.35. The van der Waals surface area contributed by atoms with Gasteiger partial charge in [0.2, 0.25) is 10.0 Å². The van der Waals surface area contributed by atoms with Crippen molar-refractivity contribution in [2.45, 2.75) is 36.6 Å². The Labute approximate surface area is 126 Å². The lowest BCUT2D eigenvalue weighted by Gasteiger charge is -2.23. The minimum atomic E-state index is -3.55. The SMILES string of the molecule is O=C(O)CCC1CCCN1S(=O)(=O)c1cccc(Br)c1. The van der Waals surface area contributed by atoms with E-state index in [0.29, 0.717) is 17.4 Å². The summed E-state index contributed by atoms with van der Waals surface area (Å²) in [5, 5.41) is 8.74. The minimum absolute atomic E-state index is 0.00479. The smallest absolute Gasteiger partial charge is 0.303 e. The first-order chi connectivity index (χ1) is 9.41. The molecular weight excluding hydrogens is 346 g/mol. The lowest BCUT2D eigenvalue weighted by atomic mass is 10.1. The van der Waals surface area contributed by atoms with Gasteiger partial charge in [-0.15, -0.1) is 0 Å². The number of aliphatic carboxylic acids is 1. The standard InChI is InChI=1S/C13H16BrNO4S/c14-10-3-1-5-12(9-10)20(18,19)15-8-2-4-11(15)6-7-13(16)17/h1,3,5,9,11H,2,4,6-8H2,(H,16,17). The Morgan fingerprint density at radius 3 is 2.85 bits per heavy atom. The lowest BCUT2D eigenvalue weighted by molar-refractivity contribution is -0.137. The molecule has 7 heteroatoms. The van der Waals surface area contributed by atoms with Gasteiger partial charge in [0.1, 0.15) is 0 Å². The first-order valence-corrected chi connectivity index (χ1v) is 8.64. The minimum Gasteiger partial charge on any atom is -0.481 e. The van der Waals surface area contributed by atoms with Crippen LogP contribution < -0.4 is 0 Å². The zero-order valence-corrected chi connectivity index (χ0v) is 13.2. The van der Waals surface area contributed by atoms with Crippen LogP contribution in [-0.2, 0) is 14.8 Å². The Morgan fingerprint density at radius 2 is 2.20 bits per heavy atom. The Balaban J connectivity index is 2.22. The van der Waals surface area contributed by atoms with Crippen LogP contribution in [0.15, 0.2) is 33.6 Å². The van der Waals surface area contributed by atoms with Crippen LogP contribution in [0.4, 0.5) is 0 Å². The molecule has 1 N–H and O–H groups in total. The molecule has 1 aliphatic rings. The third-order valence-electron chi connectivity index (χ3n) is 3.42. The molecule has 110 valence electrons. The maximum atomic E-state index is 12.6. The summed E-state index contributed by atoms with van der Waals surface area (Å²) in [7, 11) is -3.55. The summed E-state index contributed by atoms with van der Waals surface area (Å²) in [5.74, 6) is -0.892. The van der Waals surface area contributed by atoms with Gasteiger partial charge in [-0.2, -0.15) is 4.31 Å². The second-order valence-corrected chi connectivity index (χ2v) is 7.61. The molecule has 1 aliphatic heterocycles. The van der Waals surface area contributed by atoms with Crippen molar-refractivity contribution in [2.24, 2.45) is 0 Å². The molecule has 0 spiro atoms. The van der Waals surface area contributed by atoms with Crippen molar-refractivity contribution < 1.29 is 18.3 Å². The van der Waals surface area contributed by atoms with Crippen LogP contribution in [-0.4, -0.2) is 36.4 Å². The Hall–Kier alpha value is -0.920. The fourth-order valence-corrected chi connectivity index (χ4v) is 4.79. The van der Waals surface area contributed by atoms with Gasteiger partial charge in [-0.25, -0.2) is 8.42 Å². The van der Waals surface area contributed by atoms with Crippen LogP contribution in [0.5, 0.6) is 0 Å². The van der Waals surface area contributed by atoms with E-state index in [9.17, 15) is 13.2 Å². The number of hydrogen-bond acceptors (Lipinski definition) is 3. The van der Waals surface area contributed by atoms with Crippen molar-refractivity contribution in [3.63, 3.8) is 0 Å². The van der Waals surface area contributed by atoms with Gasteiger partial charge in [-0.3, -0.25) is 4.79 Å². The maximum absolute atomic E-state index is 12.6. The van der Waals surface area contributed by atoms with E-state index in [1.165, 1.54) is 4.31 Å². The molecule has 1 fully saturated rings. The van der Waals surface area contributed by atoms with Gasteiger partial charge in [0, 0.05) is 23.5 Å². The molecule has 1 saturated heterocycles. The second kappa shape index (κ2) is 6.24. The van der Waals surface area contributed by atoms with Gasteiger partial charge in [0.05, 0.1) is 4.90 Å². The van der Waals surface area contributed by atoms with E-state index < -0.39 is 16.0 Å². The predicted octanol–water partition coefficient (Wildman–Crippen LogP) is 2.47. The van der Waals surface area contributed by atoms with Gasteiger partial charge in [0.25, 0.3) is 0 Å². The van der Waals surface area contributed by atoms with Crippen molar-refractivity contribution in [1.82, 2.24) is 4.31 Å². The average Bonchev–Trinajstić information content (AvgIpc) is 2.85. The molecule has 1 atom stereocenters. The van der Waals surface area contributed by atoms with Crippen LogP contribution in [0.25, 0.3) is 0 Å². The third-order valence-corrected chi connectivity index (χ3v) is 5.86. The number of carboxylic acid groups (broad SMARTS) is 1. The Morgan fingerprint density at radius 1 is 1.45 bits per heavy atom. The van der Waals surface area contributed by atoms with Crippen LogP contribution in [0.2, 0.25) is 0 Å². The molecule has 2 rings (SSSR count). The number of carbonyl (C=O) groups is 1. The molecule has 20 heavy (non-hydrogen) atoms. The summed E-state index contributed by atoms with van der Waals surface area (Å²) in [5.41, 5.74) is 0. The topological polar surface area (TPSA) is 74.7 Å². The largest absolute Gasteiger partial charge is 0.481 e. The van der Waals surface area contributed by atoms with Gasteiger partial charge < -0.3 is 5.11 Å². The highest BCUT2D eigenvalue weighted by molar-refractivity contribution is 9.10. The molecule has 1 heterocycles. The van der Waals surface area contributed by atoms with E-state index in [1.54, 1.807) is 24.3 Å². The van der Waals surface area contributed by atoms with Gasteiger partial charge in [-0.05, 0) is 37.5 Å². The van der Waals surface area contributed by atoms with E-state index in [2.05, 4.69) is 15.9 Å². The van der Waals surface area contributed by atoms with Crippen LogP contribution in [0, 0.1) is 0 Å². The Kier molecular flexibility index (Phi) is 4.82. The summed E-state index contributed by atoms with van der Waals surface area (Å²) in [6, 6.07) is 6.37. The molecule has 1 aromatic rings. The van der Waals surface area contributed by atoms with E-state index in [1.807, 2.05) is 0 Å². The zero-order chi connectivity index (χ0) is 14.8. The molecule has 0 aromatic heterocycles. The summed E-state index contributed by atoms with van der Waals surface area (Å²) in [4.78, 5) is 10.9. The Bertz CT molecular complexity index is 602. The van der Waals surface area contributed by atoms with Gasteiger partial charge >= 0.3 is 5.97 Å². The van der Waals surface area contributed by atoms with Crippen molar-refractivity contribution in [3.8, 4) is 0 Å². The molecule has 1 aromatic carbocycles. The molecule has 5 nitrogen and oxygen atoms in total. The van der Waals surface area contributed by atoms with Gasteiger partial charge in [-0.1, -0.05) is 22.0 Å². The van der Waals surface area contributed by atoms with E-state index >= 15 is 0 Å². The van der Waals surface area contributed by atoms with Crippen molar-refractivity contribution >= 4 is 31.9 Å². The van der Waals surface area contributed by atoms with E-state index in [-0.39, 0.29) is 17.4 Å². The fraction of sp³-hybridized carbons (Fsp3) is 0.462. The van der Waals surface area contributed by atoms with Crippen molar-refractivity contribution in [3.05, 3.63) is 28.7 Å². The zero-order valence-electron chi connectivity index (χ0n) is 10.8. The molecule has 0 aliphatic carbocycles. The molecule has 1 unspecified atom stereocenters. The molecule has 0 bridgehead atoms. The molecular formula is C13H16BrNO4S.